The topological polar surface area (TPSA) is 81.2 Å². The minimum absolute atomic E-state index is 0.0234. The summed E-state index contributed by atoms with van der Waals surface area (Å²) in [4.78, 5) is 39.7. The summed E-state index contributed by atoms with van der Waals surface area (Å²) in [5.74, 6) is -0.607. The molecule has 2 saturated heterocycles. The molecular weight excluding hydrogens is 262 g/mol. The summed E-state index contributed by atoms with van der Waals surface area (Å²) < 4.78 is 0. The number of aliphatic hydroxyl groups excluding tert-OH is 1. The summed E-state index contributed by atoms with van der Waals surface area (Å²) in [6, 6.07) is -0.630. The SMILES string of the molecule is CN1CC(=O)N(CC(=O)N2CCCCCC2CO)C1=O. The van der Waals surface area contributed by atoms with Gasteiger partial charge < -0.3 is 14.9 Å². The monoisotopic (exact) mass is 283 g/mol. The molecule has 7 nitrogen and oxygen atoms in total. The van der Waals surface area contributed by atoms with Gasteiger partial charge in [-0.05, 0) is 12.8 Å². The normalized spacial score (nSPS) is 24.3. The van der Waals surface area contributed by atoms with Gasteiger partial charge in [0.05, 0.1) is 12.6 Å². The summed E-state index contributed by atoms with van der Waals surface area (Å²) in [5.41, 5.74) is 0. The molecule has 7 heteroatoms. The molecule has 2 fully saturated rings. The van der Waals surface area contributed by atoms with E-state index in [1.165, 1.54) is 11.9 Å². The van der Waals surface area contributed by atoms with Gasteiger partial charge in [0.25, 0.3) is 5.91 Å². The summed E-state index contributed by atoms with van der Waals surface area (Å²) >= 11 is 0. The second kappa shape index (κ2) is 6.21. The number of rotatable bonds is 3. The Balaban J connectivity index is 2.03. The number of likely N-dealkylation sites (tertiary alicyclic amines) is 1. The summed E-state index contributed by atoms with van der Waals surface area (Å²) in [6.07, 6.45) is 3.68. The van der Waals surface area contributed by atoms with Gasteiger partial charge >= 0.3 is 6.03 Å². The number of urea groups is 1. The van der Waals surface area contributed by atoms with Crippen molar-refractivity contribution in [3.8, 4) is 0 Å². The van der Waals surface area contributed by atoms with Crippen LogP contribution in [0.3, 0.4) is 0 Å². The lowest BCUT2D eigenvalue weighted by Crippen LogP contribution is -2.48. The highest BCUT2D eigenvalue weighted by Crippen LogP contribution is 2.17. The molecular formula is C13H21N3O4. The van der Waals surface area contributed by atoms with Crippen LogP contribution in [-0.4, -0.2) is 77.0 Å². The molecule has 0 aromatic rings. The number of nitrogens with zero attached hydrogens (tertiary/aromatic N) is 3. The Morgan fingerprint density at radius 2 is 2.05 bits per heavy atom. The fraction of sp³-hybridized carbons (Fsp3) is 0.769. The molecule has 1 unspecified atom stereocenters. The fourth-order valence-corrected chi connectivity index (χ4v) is 2.75. The summed E-state index contributed by atoms with van der Waals surface area (Å²) in [6.45, 7) is 0.303. The molecule has 0 aromatic carbocycles. The van der Waals surface area contributed by atoms with Gasteiger partial charge in [0, 0.05) is 13.6 Å². The highest BCUT2D eigenvalue weighted by Gasteiger charge is 2.36. The zero-order valence-electron chi connectivity index (χ0n) is 11.7. The molecule has 0 spiro atoms. The van der Waals surface area contributed by atoms with E-state index in [2.05, 4.69) is 0 Å². The van der Waals surface area contributed by atoms with Crippen LogP contribution in [0.5, 0.6) is 0 Å². The molecule has 1 N–H and O–H groups in total. The predicted molar refractivity (Wildman–Crippen MR) is 70.8 cm³/mol. The maximum atomic E-state index is 12.3. The van der Waals surface area contributed by atoms with Crippen molar-refractivity contribution in [1.82, 2.24) is 14.7 Å². The number of imide groups is 1. The lowest BCUT2D eigenvalue weighted by atomic mass is 10.1. The van der Waals surface area contributed by atoms with Crippen LogP contribution in [0.15, 0.2) is 0 Å². The van der Waals surface area contributed by atoms with E-state index in [1.54, 1.807) is 4.90 Å². The third-order valence-corrected chi connectivity index (χ3v) is 3.93. The second-order valence-electron chi connectivity index (χ2n) is 5.39. The third kappa shape index (κ3) is 2.92. The van der Waals surface area contributed by atoms with Gasteiger partial charge in [-0.15, -0.1) is 0 Å². The predicted octanol–water partition coefficient (Wildman–Crippen LogP) is -0.356. The van der Waals surface area contributed by atoms with Gasteiger partial charge in [0.1, 0.15) is 13.1 Å². The van der Waals surface area contributed by atoms with Gasteiger partial charge in [0.2, 0.25) is 5.91 Å². The average Bonchev–Trinajstić information content (AvgIpc) is 2.65. The van der Waals surface area contributed by atoms with E-state index in [0.29, 0.717) is 6.54 Å². The van der Waals surface area contributed by atoms with E-state index in [1.807, 2.05) is 0 Å². The van der Waals surface area contributed by atoms with Crippen LogP contribution < -0.4 is 0 Å². The molecule has 0 bridgehead atoms. The molecule has 2 aliphatic heterocycles. The molecule has 112 valence electrons. The minimum atomic E-state index is -0.432. The Morgan fingerprint density at radius 1 is 1.30 bits per heavy atom. The van der Waals surface area contributed by atoms with E-state index in [9.17, 15) is 19.5 Å². The molecule has 0 radical (unpaired) electrons. The molecule has 0 aromatic heterocycles. The Bertz CT molecular complexity index is 412. The van der Waals surface area contributed by atoms with Crippen LogP contribution in [0.1, 0.15) is 25.7 Å². The van der Waals surface area contributed by atoms with Crippen molar-refractivity contribution in [2.24, 2.45) is 0 Å². The van der Waals surface area contributed by atoms with Crippen LogP contribution in [0.2, 0.25) is 0 Å². The maximum Gasteiger partial charge on any atom is 0.327 e. The number of likely N-dealkylation sites (N-methyl/N-ethyl adjacent to an activating group) is 1. The number of amides is 4. The zero-order chi connectivity index (χ0) is 14.7. The number of carbonyl (C=O) groups excluding carboxylic acids is 3. The van der Waals surface area contributed by atoms with Gasteiger partial charge in [-0.3, -0.25) is 14.5 Å². The number of carbonyl (C=O) groups is 3. The van der Waals surface area contributed by atoms with Crippen LogP contribution in [0, 0.1) is 0 Å². The highest BCUT2D eigenvalue weighted by molar-refractivity contribution is 6.04. The van der Waals surface area contributed by atoms with Gasteiger partial charge in [-0.25, -0.2) is 4.79 Å². The second-order valence-corrected chi connectivity index (χ2v) is 5.39. The number of aliphatic hydroxyl groups is 1. The van der Waals surface area contributed by atoms with Gasteiger partial charge in [-0.1, -0.05) is 12.8 Å². The first-order chi connectivity index (χ1) is 9.54. The van der Waals surface area contributed by atoms with Crippen molar-refractivity contribution in [3.05, 3.63) is 0 Å². The maximum absolute atomic E-state index is 12.3. The molecule has 20 heavy (non-hydrogen) atoms. The smallest absolute Gasteiger partial charge is 0.327 e. The molecule has 2 heterocycles. The van der Waals surface area contributed by atoms with Crippen molar-refractivity contribution in [2.75, 3.05) is 33.3 Å². The van der Waals surface area contributed by atoms with Crippen LogP contribution >= 0.6 is 0 Å². The van der Waals surface area contributed by atoms with Crippen molar-refractivity contribution in [1.29, 1.82) is 0 Å². The third-order valence-electron chi connectivity index (χ3n) is 3.93. The zero-order valence-corrected chi connectivity index (χ0v) is 11.7. The standard InChI is InChI=1S/C13H21N3O4/c1-14-7-11(18)16(13(14)20)8-12(19)15-6-4-2-3-5-10(15)9-17/h10,17H,2-9H2,1H3. The summed E-state index contributed by atoms with van der Waals surface area (Å²) in [7, 11) is 1.53. The number of hydrogen-bond donors (Lipinski definition) is 1. The van der Waals surface area contributed by atoms with Crippen molar-refractivity contribution < 1.29 is 19.5 Å². The van der Waals surface area contributed by atoms with E-state index < -0.39 is 6.03 Å². The lowest BCUT2D eigenvalue weighted by molar-refractivity contribution is -0.138. The van der Waals surface area contributed by atoms with E-state index in [0.717, 1.165) is 30.6 Å². The largest absolute Gasteiger partial charge is 0.394 e. The lowest BCUT2D eigenvalue weighted by Gasteiger charge is -2.29. The molecule has 4 amide bonds. The van der Waals surface area contributed by atoms with E-state index in [-0.39, 0.29) is 37.6 Å². The first kappa shape index (κ1) is 14.8. The highest BCUT2D eigenvalue weighted by atomic mass is 16.3. The molecule has 0 aliphatic carbocycles. The van der Waals surface area contributed by atoms with Crippen LogP contribution in [-0.2, 0) is 9.59 Å². The van der Waals surface area contributed by atoms with Crippen molar-refractivity contribution >= 4 is 17.8 Å². The molecule has 2 aliphatic rings. The quantitative estimate of drug-likeness (QED) is 0.717. The first-order valence-corrected chi connectivity index (χ1v) is 7.00. The van der Waals surface area contributed by atoms with Gasteiger partial charge in [-0.2, -0.15) is 0 Å². The van der Waals surface area contributed by atoms with Crippen LogP contribution in [0.4, 0.5) is 4.79 Å². The first-order valence-electron chi connectivity index (χ1n) is 7.00. The van der Waals surface area contributed by atoms with E-state index in [4.69, 9.17) is 0 Å². The average molecular weight is 283 g/mol. The summed E-state index contributed by atoms with van der Waals surface area (Å²) in [5, 5.41) is 9.39. The minimum Gasteiger partial charge on any atom is -0.394 e. The molecule has 1 atom stereocenters. The Kier molecular flexibility index (Phi) is 4.59. The molecule has 2 rings (SSSR count). The molecule has 0 saturated carbocycles. The Labute approximate surface area is 118 Å². The Hall–Kier alpha value is -1.63. The number of hydrogen-bond acceptors (Lipinski definition) is 4. The van der Waals surface area contributed by atoms with Crippen LogP contribution in [0.25, 0.3) is 0 Å². The van der Waals surface area contributed by atoms with Crippen molar-refractivity contribution in [2.45, 2.75) is 31.7 Å². The van der Waals surface area contributed by atoms with Gasteiger partial charge in [0.15, 0.2) is 0 Å². The fourth-order valence-electron chi connectivity index (χ4n) is 2.75. The van der Waals surface area contributed by atoms with Crippen molar-refractivity contribution in [3.63, 3.8) is 0 Å². The Morgan fingerprint density at radius 3 is 2.65 bits per heavy atom. The van der Waals surface area contributed by atoms with E-state index >= 15 is 0 Å².